The highest BCUT2D eigenvalue weighted by Crippen LogP contribution is 2.19. The molecule has 0 saturated heterocycles. The van der Waals surface area contributed by atoms with Crippen molar-refractivity contribution in [2.75, 3.05) is 16.8 Å². The van der Waals surface area contributed by atoms with Gasteiger partial charge in [-0.1, -0.05) is 0 Å². The van der Waals surface area contributed by atoms with E-state index in [-0.39, 0.29) is 5.91 Å². The lowest BCUT2D eigenvalue weighted by atomic mass is 10.1. The Kier molecular flexibility index (Phi) is 3.42. The minimum atomic E-state index is -0.151. The van der Waals surface area contributed by atoms with Crippen molar-refractivity contribution in [1.82, 2.24) is 0 Å². The highest BCUT2D eigenvalue weighted by atomic mass is 16.1. The Hall–Kier alpha value is -2.49. The highest BCUT2D eigenvalue weighted by molar-refractivity contribution is 6.05. The van der Waals surface area contributed by atoms with Crippen LogP contribution in [0.4, 0.5) is 17.1 Å². The molecule has 4 nitrogen and oxygen atoms in total. The maximum absolute atomic E-state index is 12.2. The predicted octanol–water partition coefficient (Wildman–Crippen LogP) is 2.72. The molecule has 0 saturated carbocycles. The van der Waals surface area contributed by atoms with E-state index in [0.29, 0.717) is 16.9 Å². The maximum atomic E-state index is 12.2. The van der Waals surface area contributed by atoms with Gasteiger partial charge < -0.3 is 16.8 Å². The van der Waals surface area contributed by atoms with Gasteiger partial charge in [0.1, 0.15) is 0 Å². The second-order valence-electron chi connectivity index (χ2n) is 4.60. The van der Waals surface area contributed by atoms with Gasteiger partial charge in [0.2, 0.25) is 0 Å². The van der Waals surface area contributed by atoms with Crippen LogP contribution in [-0.2, 0) is 0 Å². The number of nitrogen functional groups attached to an aromatic ring is 2. The molecule has 0 unspecified atom stereocenters. The van der Waals surface area contributed by atoms with E-state index in [1.165, 1.54) is 0 Å². The van der Waals surface area contributed by atoms with Crippen molar-refractivity contribution in [3.63, 3.8) is 0 Å². The summed E-state index contributed by atoms with van der Waals surface area (Å²) in [5, 5.41) is 2.85. The molecule has 98 valence electrons. The second kappa shape index (κ2) is 5.02. The summed E-state index contributed by atoms with van der Waals surface area (Å²) < 4.78 is 0. The van der Waals surface area contributed by atoms with Crippen molar-refractivity contribution in [3.05, 3.63) is 53.1 Å². The number of aryl methyl sites for hydroxylation is 2. The van der Waals surface area contributed by atoms with Gasteiger partial charge in [0.05, 0.1) is 0 Å². The number of nitrogens with one attached hydrogen (secondary N) is 1. The first-order chi connectivity index (χ1) is 8.97. The number of benzene rings is 2. The minimum Gasteiger partial charge on any atom is -0.399 e. The maximum Gasteiger partial charge on any atom is 0.255 e. The zero-order chi connectivity index (χ0) is 14.0. The minimum absolute atomic E-state index is 0.151. The lowest BCUT2D eigenvalue weighted by Gasteiger charge is -2.09. The van der Waals surface area contributed by atoms with Crippen LogP contribution in [0.3, 0.4) is 0 Å². The Morgan fingerprint density at radius 3 is 2.37 bits per heavy atom. The number of carbonyl (C=O) groups excluding carboxylic acids is 1. The molecule has 0 spiro atoms. The van der Waals surface area contributed by atoms with Gasteiger partial charge in [-0.05, 0) is 61.4 Å². The first-order valence-corrected chi connectivity index (χ1v) is 6.01. The van der Waals surface area contributed by atoms with Crippen LogP contribution in [0.5, 0.6) is 0 Å². The number of anilines is 3. The molecule has 19 heavy (non-hydrogen) atoms. The molecular formula is C15H17N3O. The van der Waals surface area contributed by atoms with Gasteiger partial charge in [-0.25, -0.2) is 0 Å². The largest absolute Gasteiger partial charge is 0.399 e. The molecule has 0 radical (unpaired) electrons. The number of hydrogen-bond acceptors (Lipinski definition) is 3. The number of carbonyl (C=O) groups is 1. The van der Waals surface area contributed by atoms with Crippen molar-refractivity contribution in [3.8, 4) is 0 Å². The van der Waals surface area contributed by atoms with Crippen LogP contribution >= 0.6 is 0 Å². The quantitative estimate of drug-likeness (QED) is 0.722. The van der Waals surface area contributed by atoms with Gasteiger partial charge >= 0.3 is 0 Å². The first-order valence-electron chi connectivity index (χ1n) is 6.01. The number of hydrogen-bond donors (Lipinski definition) is 3. The molecule has 0 atom stereocenters. The van der Waals surface area contributed by atoms with E-state index in [2.05, 4.69) is 5.32 Å². The van der Waals surface area contributed by atoms with Gasteiger partial charge in [0.25, 0.3) is 5.91 Å². The topological polar surface area (TPSA) is 81.1 Å². The van der Waals surface area contributed by atoms with Crippen molar-refractivity contribution in [1.29, 1.82) is 0 Å². The number of rotatable bonds is 2. The molecule has 5 N–H and O–H groups in total. The van der Waals surface area contributed by atoms with Crippen LogP contribution in [-0.4, -0.2) is 5.91 Å². The van der Waals surface area contributed by atoms with Gasteiger partial charge in [0, 0.05) is 22.6 Å². The monoisotopic (exact) mass is 255 g/mol. The van der Waals surface area contributed by atoms with Crippen LogP contribution in [0.25, 0.3) is 0 Å². The molecule has 2 aromatic carbocycles. The molecule has 0 heterocycles. The van der Waals surface area contributed by atoms with E-state index < -0.39 is 0 Å². The molecule has 0 aromatic heterocycles. The Bertz CT molecular complexity index is 635. The van der Waals surface area contributed by atoms with E-state index >= 15 is 0 Å². The third kappa shape index (κ3) is 2.85. The van der Waals surface area contributed by atoms with Crippen molar-refractivity contribution in [2.45, 2.75) is 13.8 Å². The molecule has 2 aromatic rings. The fraction of sp³-hybridized carbons (Fsp3) is 0.133. The summed E-state index contributed by atoms with van der Waals surface area (Å²) in [7, 11) is 0. The molecule has 0 aliphatic rings. The molecule has 0 aliphatic heterocycles. The van der Waals surface area contributed by atoms with Crippen LogP contribution < -0.4 is 16.8 Å². The molecule has 4 heteroatoms. The van der Waals surface area contributed by atoms with Gasteiger partial charge in [0.15, 0.2) is 0 Å². The first kappa shape index (κ1) is 13.0. The van der Waals surface area contributed by atoms with E-state index in [1.807, 2.05) is 19.9 Å². The molecule has 0 fully saturated rings. The third-order valence-corrected chi connectivity index (χ3v) is 3.02. The predicted molar refractivity (Wildman–Crippen MR) is 79.1 cm³/mol. The van der Waals surface area contributed by atoms with Crippen molar-refractivity contribution >= 4 is 23.0 Å². The lowest BCUT2D eigenvalue weighted by Crippen LogP contribution is -2.13. The fourth-order valence-electron chi connectivity index (χ4n) is 1.89. The van der Waals surface area contributed by atoms with E-state index in [4.69, 9.17) is 11.5 Å². The van der Waals surface area contributed by atoms with E-state index in [1.54, 1.807) is 30.3 Å². The van der Waals surface area contributed by atoms with Gasteiger partial charge in [-0.2, -0.15) is 0 Å². The zero-order valence-corrected chi connectivity index (χ0v) is 11.0. The number of amides is 1. The summed E-state index contributed by atoms with van der Waals surface area (Å²) in [6, 6.07) is 10.6. The summed E-state index contributed by atoms with van der Waals surface area (Å²) in [6.45, 7) is 3.76. The average Bonchev–Trinajstić information content (AvgIpc) is 2.33. The summed E-state index contributed by atoms with van der Waals surface area (Å²) in [6.07, 6.45) is 0. The Morgan fingerprint density at radius 1 is 1.00 bits per heavy atom. The third-order valence-electron chi connectivity index (χ3n) is 3.02. The smallest absolute Gasteiger partial charge is 0.255 e. The summed E-state index contributed by atoms with van der Waals surface area (Å²) in [4.78, 5) is 12.2. The Morgan fingerprint density at radius 2 is 1.74 bits per heavy atom. The van der Waals surface area contributed by atoms with E-state index in [9.17, 15) is 4.79 Å². The normalized spacial score (nSPS) is 10.2. The molecule has 0 bridgehead atoms. The Labute approximate surface area is 112 Å². The van der Waals surface area contributed by atoms with Gasteiger partial charge in [-0.3, -0.25) is 4.79 Å². The average molecular weight is 255 g/mol. The summed E-state index contributed by atoms with van der Waals surface area (Å²) >= 11 is 0. The van der Waals surface area contributed by atoms with Crippen LogP contribution in [0.2, 0.25) is 0 Å². The van der Waals surface area contributed by atoms with Crippen LogP contribution in [0, 0.1) is 13.8 Å². The molecular weight excluding hydrogens is 238 g/mol. The highest BCUT2D eigenvalue weighted by Gasteiger charge is 2.09. The molecule has 1 amide bonds. The van der Waals surface area contributed by atoms with Gasteiger partial charge in [-0.15, -0.1) is 0 Å². The number of nitrogens with two attached hydrogens (primary N) is 2. The van der Waals surface area contributed by atoms with E-state index in [0.717, 1.165) is 16.8 Å². The van der Waals surface area contributed by atoms with Crippen molar-refractivity contribution < 1.29 is 4.79 Å². The zero-order valence-electron chi connectivity index (χ0n) is 11.0. The van der Waals surface area contributed by atoms with Crippen LogP contribution in [0.15, 0.2) is 36.4 Å². The fourth-order valence-corrected chi connectivity index (χ4v) is 1.89. The summed E-state index contributed by atoms with van der Waals surface area (Å²) in [5.74, 6) is -0.151. The SMILES string of the molecule is Cc1cc(NC(=O)c2ccc(N)cc2C)ccc1N. The summed E-state index contributed by atoms with van der Waals surface area (Å²) in [5.41, 5.74) is 15.9. The standard InChI is InChI=1S/C15H17N3O/c1-9-7-11(16)3-5-13(9)15(19)18-12-4-6-14(17)10(2)8-12/h3-8H,16-17H2,1-2H3,(H,18,19). The van der Waals surface area contributed by atoms with Crippen LogP contribution in [0.1, 0.15) is 21.5 Å². The second-order valence-corrected chi connectivity index (χ2v) is 4.60. The molecule has 0 aliphatic carbocycles. The van der Waals surface area contributed by atoms with Crippen molar-refractivity contribution in [2.24, 2.45) is 0 Å². The lowest BCUT2D eigenvalue weighted by molar-refractivity contribution is 0.102. The Balaban J connectivity index is 2.23. The molecule has 2 rings (SSSR count).